The molecule has 0 spiro atoms. The van der Waals surface area contributed by atoms with Crippen molar-refractivity contribution in [3.05, 3.63) is 48.9 Å². The zero-order chi connectivity index (χ0) is 12.2. The average Bonchev–Trinajstić information content (AvgIpc) is 2.24. The van der Waals surface area contributed by atoms with E-state index in [1.54, 1.807) is 6.08 Å². The van der Waals surface area contributed by atoms with Gasteiger partial charge in [0.25, 0.3) is 0 Å². The van der Waals surface area contributed by atoms with Crippen LogP contribution in [0.3, 0.4) is 0 Å². The summed E-state index contributed by atoms with van der Waals surface area (Å²) in [5.41, 5.74) is 1.18. The number of rotatable bonds is 3. The largest absolute Gasteiger partial charge is 0.611 e. The van der Waals surface area contributed by atoms with Crippen molar-refractivity contribution < 1.29 is 4.55 Å². The third-order valence-electron chi connectivity index (χ3n) is 2.19. The number of hydrogen-bond acceptors (Lipinski definition) is 1. The fraction of sp³-hybridized carbons (Fsp3) is 0.357. The summed E-state index contributed by atoms with van der Waals surface area (Å²) < 4.78 is 12.0. The summed E-state index contributed by atoms with van der Waals surface area (Å²) in [6.45, 7) is 9.63. The van der Waals surface area contributed by atoms with E-state index in [9.17, 15) is 4.55 Å². The van der Waals surface area contributed by atoms with Crippen molar-refractivity contribution in [2.45, 2.75) is 36.8 Å². The number of benzene rings is 1. The van der Waals surface area contributed by atoms with E-state index >= 15 is 0 Å². The second-order valence-electron chi connectivity index (χ2n) is 4.70. The quantitative estimate of drug-likeness (QED) is 0.735. The lowest BCUT2D eigenvalue weighted by atomic mass is 10.1. The lowest BCUT2D eigenvalue weighted by molar-refractivity contribution is 0.559. The molecular weight excluding hydrogens is 216 g/mol. The molecule has 16 heavy (non-hydrogen) atoms. The van der Waals surface area contributed by atoms with Gasteiger partial charge in [-0.05, 0) is 63.0 Å². The Labute approximate surface area is 102 Å². The minimum atomic E-state index is -0.956. The van der Waals surface area contributed by atoms with Gasteiger partial charge in [-0.3, -0.25) is 0 Å². The zero-order valence-corrected chi connectivity index (χ0v) is 11.0. The Bertz CT molecular complexity index is 363. The van der Waals surface area contributed by atoms with Gasteiger partial charge in [0.15, 0.2) is 4.90 Å². The molecule has 0 heterocycles. The molecule has 0 saturated heterocycles. The molecule has 1 rings (SSSR count). The van der Waals surface area contributed by atoms with Crippen molar-refractivity contribution in [2.24, 2.45) is 0 Å². The van der Waals surface area contributed by atoms with Crippen molar-refractivity contribution in [3.63, 3.8) is 0 Å². The van der Waals surface area contributed by atoms with Crippen LogP contribution in [-0.2, 0) is 17.6 Å². The molecule has 0 bridgehead atoms. The number of allylic oxidation sites excluding steroid dienone is 2. The van der Waals surface area contributed by atoms with Crippen LogP contribution in [0.15, 0.2) is 41.3 Å². The van der Waals surface area contributed by atoms with Crippen molar-refractivity contribution in [1.29, 1.82) is 0 Å². The number of hydrogen-bond donors (Lipinski definition) is 0. The molecule has 1 aromatic rings. The Morgan fingerprint density at radius 3 is 2.62 bits per heavy atom. The van der Waals surface area contributed by atoms with Gasteiger partial charge in [-0.1, -0.05) is 24.3 Å². The first-order chi connectivity index (χ1) is 7.45. The van der Waals surface area contributed by atoms with E-state index in [1.807, 2.05) is 51.1 Å². The molecule has 0 aliphatic heterocycles. The van der Waals surface area contributed by atoms with Crippen LogP contribution in [0.2, 0.25) is 0 Å². The summed E-state index contributed by atoms with van der Waals surface area (Å²) >= 11 is -0.956. The van der Waals surface area contributed by atoms with Gasteiger partial charge in [-0.2, -0.15) is 0 Å². The van der Waals surface area contributed by atoms with E-state index in [2.05, 4.69) is 6.92 Å². The summed E-state index contributed by atoms with van der Waals surface area (Å²) in [6, 6.07) is 7.95. The second-order valence-corrected chi connectivity index (χ2v) is 6.94. The Balaban J connectivity index is 2.90. The van der Waals surface area contributed by atoms with E-state index in [0.29, 0.717) is 0 Å². The smallest absolute Gasteiger partial charge is 0.153 e. The van der Waals surface area contributed by atoms with Crippen LogP contribution in [-0.4, -0.2) is 9.30 Å². The van der Waals surface area contributed by atoms with E-state index in [0.717, 1.165) is 11.3 Å². The molecule has 1 nitrogen and oxygen atoms in total. The van der Waals surface area contributed by atoms with Crippen LogP contribution in [0, 0.1) is 6.92 Å². The molecule has 0 amide bonds. The standard InChI is InChI=1S/C14H19OS/c1-5-6-8-12-9-7-10-13(11-12)16(15)14(2,3)4/h5-7,9-11H,1,8H2,2-4H3. The fourth-order valence-corrected chi connectivity index (χ4v) is 2.53. The molecule has 1 atom stereocenters. The molecular formula is C14H19OS. The van der Waals surface area contributed by atoms with Crippen LogP contribution in [0.5, 0.6) is 0 Å². The van der Waals surface area contributed by atoms with Gasteiger partial charge >= 0.3 is 0 Å². The van der Waals surface area contributed by atoms with Gasteiger partial charge in [0.2, 0.25) is 0 Å². The van der Waals surface area contributed by atoms with Crippen molar-refractivity contribution in [3.8, 4) is 0 Å². The normalized spacial score (nSPS) is 14.3. The SMILES string of the molecule is [CH2]C=CCc1cccc([S+]([O-])C(C)(C)C)c1. The van der Waals surface area contributed by atoms with Gasteiger partial charge < -0.3 is 4.55 Å². The van der Waals surface area contributed by atoms with Crippen LogP contribution in [0.25, 0.3) is 0 Å². The molecule has 87 valence electrons. The Kier molecular flexibility index (Phi) is 4.63. The highest BCUT2D eigenvalue weighted by Crippen LogP contribution is 2.25. The summed E-state index contributed by atoms with van der Waals surface area (Å²) in [6.07, 6.45) is 4.63. The van der Waals surface area contributed by atoms with E-state index in [1.165, 1.54) is 5.56 Å². The summed E-state index contributed by atoms with van der Waals surface area (Å²) in [7, 11) is 0. The molecule has 0 aliphatic carbocycles. The van der Waals surface area contributed by atoms with E-state index < -0.39 is 11.2 Å². The first-order valence-electron chi connectivity index (χ1n) is 5.40. The molecule has 1 unspecified atom stereocenters. The van der Waals surface area contributed by atoms with Crippen LogP contribution < -0.4 is 0 Å². The Hall–Kier alpha value is -0.730. The third kappa shape index (κ3) is 3.69. The minimum absolute atomic E-state index is 0.208. The van der Waals surface area contributed by atoms with E-state index in [4.69, 9.17) is 0 Å². The predicted octanol–water partition coefficient (Wildman–Crippen LogP) is 3.53. The van der Waals surface area contributed by atoms with Gasteiger partial charge in [0.1, 0.15) is 4.75 Å². The maximum Gasteiger partial charge on any atom is 0.153 e. The maximum absolute atomic E-state index is 12.2. The topological polar surface area (TPSA) is 23.1 Å². The zero-order valence-electron chi connectivity index (χ0n) is 10.2. The highest BCUT2D eigenvalue weighted by Gasteiger charge is 2.27. The van der Waals surface area contributed by atoms with Gasteiger partial charge in [0.05, 0.1) is 0 Å². The lowest BCUT2D eigenvalue weighted by Gasteiger charge is -2.24. The first kappa shape index (κ1) is 13.3. The average molecular weight is 235 g/mol. The third-order valence-corrected chi connectivity index (χ3v) is 3.98. The molecule has 0 saturated carbocycles. The van der Waals surface area contributed by atoms with Gasteiger partial charge in [-0.15, -0.1) is 0 Å². The maximum atomic E-state index is 12.2. The lowest BCUT2D eigenvalue weighted by Crippen LogP contribution is -2.27. The summed E-state index contributed by atoms with van der Waals surface area (Å²) in [5, 5.41) is 0. The van der Waals surface area contributed by atoms with Crippen molar-refractivity contribution in [1.82, 2.24) is 0 Å². The molecule has 0 N–H and O–H groups in total. The summed E-state index contributed by atoms with van der Waals surface area (Å²) in [5.74, 6) is 0. The molecule has 1 aromatic carbocycles. The Morgan fingerprint density at radius 1 is 1.38 bits per heavy atom. The molecule has 0 aromatic heterocycles. The molecule has 1 radical (unpaired) electrons. The molecule has 2 heteroatoms. The first-order valence-corrected chi connectivity index (χ1v) is 6.55. The van der Waals surface area contributed by atoms with Crippen LogP contribution in [0.1, 0.15) is 26.3 Å². The van der Waals surface area contributed by atoms with Crippen LogP contribution >= 0.6 is 0 Å². The summed E-state index contributed by atoms with van der Waals surface area (Å²) in [4.78, 5) is 0.905. The highest BCUT2D eigenvalue weighted by atomic mass is 32.2. The van der Waals surface area contributed by atoms with Gasteiger partial charge in [0, 0.05) is 0 Å². The Morgan fingerprint density at radius 2 is 2.06 bits per heavy atom. The van der Waals surface area contributed by atoms with Crippen molar-refractivity contribution in [2.75, 3.05) is 0 Å². The van der Waals surface area contributed by atoms with Gasteiger partial charge in [-0.25, -0.2) is 0 Å². The molecule has 0 fully saturated rings. The highest BCUT2D eigenvalue weighted by molar-refractivity contribution is 7.92. The fourth-order valence-electron chi connectivity index (χ4n) is 1.36. The van der Waals surface area contributed by atoms with Crippen LogP contribution in [0.4, 0.5) is 0 Å². The molecule has 0 aliphatic rings. The van der Waals surface area contributed by atoms with E-state index in [-0.39, 0.29) is 4.75 Å². The monoisotopic (exact) mass is 235 g/mol. The minimum Gasteiger partial charge on any atom is -0.611 e. The second kappa shape index (κ2) is 5.55. The predicted molar refractivity (Wildman–Crippen MR) is 70.8 cm³/mol. The van der Waals surface area contributed by atoms with Crippen molar-refractivity contribution >= 4 is 11.2 Å².